The van der Waals surface area contributed by atoms with Gasteiger partial charge in [-0.3, -0.25) is 4.79 Å². The number of carboxylic acid groups (broad SMARTS) is 1. The summed E-state index contributed by atoms with van der Waals surface area (Å²) in [5, 5.41) is 13.0. The Balaban J connectivity index is 1.96. The van der Waals surface area contributed by atoms with E-state index in [-0.39, 0.29) is 11.8 Å². The Kier molecular flexibility index (Phi) is 3.01. The van der Waals surface area contributed by atoms with Crippen LogP contribution in [0.2, 0.25) is 0 Å². The number of carbonyl (C=O) groups excluding carboxylic acids is 1. The summed E-state index contributed by atoms with van der Waals surface area (Å²) in [6, 6.07) is 7.59. The van der Waals surface area contributed by atoms with Gasteiger partial charge in [-0.1, -0.05) is 18.2 Å². The topological polar surface area (TPSA) is 71.3 Å². The summed E-state index contributed by atoms with van der Waals surface area (Å²) < 4.78 is 1.87. The van der Waals surface area contributed by atoms with Crippen LogP contribution in [0.25, 0.3) is 10.9 Å². The second-order valence-electron chi connectivity index (χ2n) is 5.91. The minimum absolute atomic E-state index is 0.0222. The molecule has 1 amide bonds. The molecule has 1 heterocycles. The molecule has 1 saturated carbocycles. The lowest BCUT2D eigenvalue weighted by Gasteiger charge is -2.26. The normalized spacial score (nSPS) is 17.4. The number of fused-ring (bicyclic) bond motifs is 1. The zero-order chi connectivity index (χ0) is 15.2. The van der Waals surface area contributed by atoms with Gasteiger partial charge in [-0.15, -0.1) is 0 Å². The van der Waals surface area contributed by atoms with E-state index >= 15 is 0 Å². The van der Waals surface area contributed by atoms with Crippen LogP contribution >= 0.6 is 0 Å². The van der Waals surface area contributed by atoms with Gasteiger partial charge in [0.15, 0.2) is 0 Å². The smallest absolute Gasteiger partial charge is 0.329 e. The molecule has 0 saturated heterocycles. The van der Waals surface area contributed by atoms with E-state index in [1.54, 1.807) is 13.1 Å². The van der Waals surface area contributed by atoms with Gasteiger partial charge in [-0.25, -0.2) is 4.79 Å². The van der Waals surface area contributed by atoms with Crippen LogP contribution in [0.15, 0.2) is 30.5 Å². The molecule has 1 aliphatic carbocycles. The van der Waals surface area contributed by atoms with E-state index in [9.17, 15) is 14.7 Å². The van der Waals surface area contributed by atoms with Crippen LogP contribution in [0.4, 0.5) is 0 Å². The van der Waals surface area contributed by atoms with Gasteiger partial charge in [0.2, 0.25) is 0 Å². The van der Waals surface area contributed by atoms with Crippen LogP contribution in [0.3, 0.4) is 0 Å². The van der Waals surface area contributed by atoms with E-state index in [1.165, 1.54) is 0 Å². The zero-order valence-electron chi connectivity index (χ0n) is 12.1. The Labute approximate surface area is 122 Å². The first kappa shape index (κ1) is 13.7. The Morgan fingerprint density at radius 1 is 1.33 bits per heavy atom. The summed E-state index contributed by atoms with van der Waals surface area (Å²) in [5.74, 6) is -1.28. The van der Waals surface area contributed by atoms with E-state index in [4.69, 9.17) is 0 Å². The number of hydrogen-bond donors (Lipinski definition) is 2. The highest BCUT2D eigenvalue weighted by Crippen LogP contribution is 2.40. The highest BCUT2D eigenvalue weighted by Gasteiger charge is 2.48. The first-order valence-corrected chi connectivity index (χ1v) is 7.03. The number of carbonyl (C=O) groups is 2. The van der Waals surface area contributed by atoms with Gasteiger partial charge in [0.05, 0.1) is 5.56 Å². The van der Waals surface area contributed by atoms with Crippen LogP contribution in [0, 0.1) is 5.92 Å². The molecule has 1 unspecified atom stereocenters. The summed E-state index contributed by atoms with van der Waals surface area (Å²) >= 11 is 0. The maximum atomic E-state index is 12.5. The van der Waals surface area contributed by atoms with Crippen molar-refractivity contribution in [1.82, 2.24) is 9.88 Å². The second-order valence-corrected chi connectivity index (χ2v) is 5.91. The maximum Gasteiger partial charge on any atom is 0.329 e. The van der Waals surface area contributed by atoms with Gasteiger partial charge >= 0.3 is 5.97 Å². The predicted octanol–water partition coefficient (Wildman–Crippen LogP) is 2.16. The standard InChI is InChI=1S/C16H18N2O3/c1-16(15(20)21,10-7-8-10)17-14(19)12-9-18(2)13-6-4-3-5-11(12)13/h3-6,9-10H,7-8H2,1-2H3,(H,17,19)(H,20,21). The zero-order valence-corrected chi connectivity index (χ0v) is 12.1. The molecule has 0 bridgehead atoms. The SMILES string of the molecule is Cn1cc(C(=O)NC(C)(C(=O)O)C2CC2)c2ccccc21. The molecule has 1 aliphatic rings. The van der Waals surface area contributed by atoms with Crippen LogP contribution < -0.4 is 5.32 Å². The molecular formula is C16H18N2O3. The van der Waals surface area contributed by atoms with Crippen molar-refractivity contribution >= 4 is 22.8 Å². The fourth-order valence-electron chi connectivity index (χ4n) is 2.82. The van der Waals surface area contributed by atoms with Crippen LogP contribution in [0.5, 0.6) is 0 Å². The lowest BCUT2D eigenvalue weighted by molar-refractivity contribution is -0.144. The van der Waals surface area contributed by atoms with Gasteiger partial charge < -0.3 is 15.0 Å². The number of rotatable bonds is 4. The van der Waals surface area contributed by atoms with E-state index in [2.05, 4.69) is 5.32 Å². The first-order valence-electron chi connectivity index (χ1n) is 7.03. The molecule has 1 fully saturated rings. The van der Waals surface area contributed by atoms with Crippen LogP contribution in [-0.4, -0.2) is 27.1 Å². The molecule has 0 spiro atoms. The molecule has 110 valence electrons. The van der Waals surface area contributed by atoms with E-state index < -0.39 is 11.5 Å². The number of aryl methyl sites for hydroxylation is 1. The number of carboxylic acids is 1. The van der Waals surface area contributed by atoms with Crippen molar-refractivity contribution in [2.45, 2.75) is 25.3 Å². The van der Waals surface area contributed by atoms with Crippen molar-refractivity contribution in [3.05, 3.63) is 36.0 Å². The molecule has 5 heteroatoms. The Morgan fingerprint density at radius 3 is 2.62 bits per heavy atom. The lowest BCUT2D eigenvalue weighted by Crippen LogP contribution is -2.54. The molecule has 0 aliphatic heterocycles. The van der Waals surface area contributed by atoms with Gasteiger partial charge in [-0.2, -0.15) is 0 Å². The molecule has 3 rings (SSSR count). The molecular weight excluding hydrogens is 268 g/mol. The molecule has 0 radical (unpaired) electrons. The van der Waals surface area contributed by atoms with E-state index in [0.717, 1.165) is 23.7 Å². The highest BCUT2D eigenvalue weighted by atomic mass is 16.4. The molecule has 1 aromatic carbocycles. The second kappa shape index (κ2) is 4.62. The number of hydrogen-bond acceptors (Lipinski definition) is 2. The molecule has 2 aromatic rings. The number of amides is 1. The van der Waals surface area contributed by atoms with Crippen molar-refractivity contribution in [2.24, 2.45) is 13.0 Å². The number of nitrogens with zero attached hydrogens (tertiary/aromatic N) is 1. The quantitative estimate of drug-likeness (QED) is 0.904. The predicted molar refractivity (Wildman–Crippen MR) is 79.2 cm³/mol. The monoisotopic (exact) mass is 286 g/mol. The average Bonchev–Trinajstić information content (AvgIpc) is 3.24. The Morgan fingerprint density at radius 2 is 2.00 bits per heavy atom. The third-order valence-electron chi connectivity index (χ3n) is 4.35. The third-order valence-corrected chi connectivity index (χ3v) is 4.35. The summed E-state index contributed by atoms with van der Waals surface area (Å²) in [4.78, 5) is 24.1. The summed E-state index contributed by atoms with van der Waals surface area (Å²) in [7, 11) is 1.87. The largest absolute Gasteiger partial charge is 0.480 e. The van der Waals surface area contributed by atoms with E-state index in [1.807, 2.05) is 35.9 Å². The number of para-hydroxylation sites is 1. The molecule has 1 atom stereocenters. The summed E-state index contributed by atoms with van der Waals surface area (Å²) in [6.45, 7) is 1.59. The van der Waals surface area contributed by atoms with Gasteiger partial charge in [0.25, 0.3) is 5.91 Å². The summed E-state index contributed by atoms with van der Waals surface area (Å²) in [5.41, 5.74) is 0.279. The minimum atomic E-state index is -1.19. The summed E-state index contributed by atoms with van der Waals surface area (Å²) in [6.07, 6.45) is 3.44. The molecule has 2 N–H and O–H groups in total. The molecule has 1 aromatic heterocycles. The fraction of sp³-hybridized carbons (Fsp3) is 0.375. The van der Waals surface area contributed by atoms with Crippen molar-refractivity contribution < 1.29 is 14.7 Å². The number of benzene rings is 1. The van der Waals surface area contributed by atoms with E-state index in [0.29, 0.717) is 5.56 Å². The maximum absolute atomic E-state index is 12.5. The van der Waals surface area contributed by atoms with Gasteiger partial charge in [0, 0.05) is 24.1 Å². The van der Waals surface area contributed by atoms with Gasteiger partial charge in [0.1, 0.15) is 5.54 Å². The average molecular weight is 286 g/mol. The van der Waals surface area contributed by atoms with Gasteiger partial charge in [-0.05, 0) is 31.7 Å². The number of nitrogens with one attached hydrogen (secondary N) is 1. The van der Waals surface area contributed by atoms with Crippen molar-refractivity contribution in [3.8, 4) is 0 Å². The van der Waals surface area contributed by atoms with Crippen molar-refractivity contribution in [2.75, 3.05) is 0 Å². The Bertz CT molecular complexity index is 730. The Hall–Kier alpha value is -2.30. The first-order chi connectivity index (χ1) is 9.93. The lowest BCUT2D eigenvalue weighted by atomic mass is 9.95. The number of aromatic nitrogens is 1. The highest BCUT2D eigenvalue weighted by molar-refractivity contribution is 6.08. The molecule has 5 nitrogen and oxygen atoms in total. The molecule has 21 heavy (non-hydrogen) atoms. The third kappa shape index (κ3) is 2.18. The van der Waals surface area contributed by atoms with Crippen LogP contribution in [-0.2, 0) is 11.8 Å². The van der Waals surface area contributed by atoms with Crippen LogP contribution in [0.1, 0.15) is 30.1 Å². The van der Waals surface area contributed by atoms with Crippen molar-refractivity contribution in [1.29, 1.82) is 0 Å². The van der Waals surface area contributed by atoms with Crippen molar-refractivity contribution in [3.63, 3.8) is 0 Å². The fourth-order valence-corrected chi connectivity index (χ4v) is 2.82. The number of aliphatic carboxylic acids is 1. The minimum Gasteiger partial charge on any atom is -0.480 e.